The summed E-state index contributed by atoms with van der Waals surface area (Å²) in [5, 5.41) is 4.09. The topological polar surface area (TPSA) is 119 Å². The molecule has 0 bridgehead atoms. The number of hydrogen-bond donors (Lipinski definition) is 0. The summed E-state index contributed by atoms with van der Waals surface area (Å²) >= 11 is 0. The molecule has 2 aromatic carbocycles. The number of benzene rings is 2. The lowest BCUT2D eigenvalue weighted by Crippen LogP contribution is -2.32. The molecule has 1 fully saturated rings. The standard InChI is InChI=1S/C25H25N3O7/c1-15-4-8-17(9-5-15)23(29)33-13-20-19(35-24(30)18-10-6-16(2)7-11-18)12-21(34-20)28-14-26-22(27-28)25(31)32-3/h4-11,14,19-21H,12-13H2,1-3H3/t19-,20+,21-/m0/s1. The van der Waals surface area contributed by atoms with E-state index < -0.39 is 36.3 Å². The molecule has 0 N–H and O–H groups in total. The van der Waals surface area contributed by atoms with Crippen molar-refractivity contribution in [2.45, 2.75) is 38.7 Å². The summed E-state index contributed by atoms with van der Waals surface area (Å²) < 4.78 is 23.2. The van der Waals surface area contributed by atoms with Gasteiger partial charge in [-0.3, -0.25) is 0 Å². The van der Waals surface area contributed by atoms with Gasteiger partial charge >= 0.3 is 17.9 Å². The van der Waals surface area contributed by atoms with E-state index in [9.17, 15) is 14.4 Å². The van der Waals surface area contributed by atoms with E-state index in [1.807, 2.05) is 38.1 Å². The second-order valence-electron chi connectivity index (χ2n) is 8.18. The number of ether oxygens (including phenoxy) is 4. The zero-order valence-corrected chi connectivity index (χ0v) is 19.5. The highest BCUT2D eigenvalue weighted by Gasteiger charge is 2.40. The van der Waals surface area contributed by atoms with Crippen molar-refractivity contribution in [3.63, 3.8) is 0 Å². The average Bonchev–Trinajstić information content (AvgIpc) is 3.50. The van der Waals surface area contributed by atoms with Crippen molar-refractivity contribution in [3.05, 3.63) is 82.9 Å². The Labute approximate surface area is 201 Å². The van der Waals surface area contributed by atoms with Gasteiger partial charge in [-0.05, 0) is 38.1 Å². The summed E-state index contributed by atoms with van der Waals surface area (Å²) in [5.74, 6) is -1.86. The molecule has 3 aromatic rings. The van der Waals surface area contributed by atoms with Crippen LogP contribution in [-0.2, 0) is 18.9 Å². The Morgan fingerprint density at radius 2 is 1.54 bits per heavy atom. The van der Waals surface area contributed by atoms with Crippen molar-refractivity contribution < 1.29 is 33.3 Å². The second-order valence-corrected chi connectivity index (χ2v) is 8.18. The number of methoxy groups -OCH3 is 1. The molecule has 0 amide bonds. The van der Waals surface area contributed by atoms with Gasteiger partial charge in [-0.2, -0.15) is 0 Å². The molecular formula is C25H25N3O7. The SMILES string of the molecule is COC(=O)c1ncn([C@@H]2C[C@H](OC(=O)c3ccc(C)cc3)[C@@H](COC(=O)c3ccc(C)cc3)O2)n1. The van der Waals surface area contributed by atoms with Crippen molar-refractivity contribution >= 4 is 17.9 Å². The smallest absolute Gasteiger partial charge is 0.377 e. The largest absolute Gasteiger partial charge is 0.463 e. The first-order chi connectivity index (χ1) is 16.8. The van der Waals surface area contributed by atoms with E-state index in [0.717, 1.165) is 11.1 Å². The highest BCUT2D eigenvalue weighted by Crippen LogP contribution is 2.31. The van der Waals surface area contributed by atoms with E-state index in [0.29, 0.717) is 11.1 Å². The van der Waals surface area contributed by atoms with E-state index in [1.54, 1.807) is 24.3 Å². The average molecular weight is 479 g/mol. The number of aryl methyl sites for hydroxylation is 2. The van der Waals surface area contributed by atoms with Crippen LogP contribution in [0.5, 0.6) is 0 Å². The molecule has 4 rings (SSSR count). The summed E-state index contributed by atoms with van der Waals surface area (Å²) in [6, 6.07) is 14.0. The molecule has 0 aliphatic carbocycles. The van der Waals surface area contributed by atoms with Crippen molar-refractivity contribution in [2.24, 2.45) is 0 Å². The van der Waals surface area contributed by atoms with Gasteiger partial charge in [0, 0.05) is 6.42 Å². The highest BCUT2D eigenvalue weighted by atomic mass is 16.6. The Morgan fingerprint density at radius 3 is 2.14 bits per heavy atom. The van der Waals surface area contributed by atoms with Crippen LogP contribution in [-0.4, -0.2) is 58.6 Å². The van der Waals surface area contributed by atoms with Gasteiger partial charge in [-0.1, -0.05) is 35.4 Å². The fraction of sp³-hybridized carbons (Fsp3) is 0.320. The zero-order chi connectivity index (χ0) is 24.9. The molecular weight excluding hydrogens is 454 g/mol. The fourth-order valence-corrected chi connectivity index (χ4v) is 3.56. The fourth-order valence-electron chi connectivity index (χ4n) is 3.56. The molecule has 1 aliphatic heterocycles. The molecule has 10 heteroatoms. The monoisotopic (exact) mass is 479 g/mol. The first-order valence-corrected chi connectivity index (χ1v) is 11.0. The Hall–Kier alpha value is -4.05. The van der Waals surface area contributed by atoms with Crippen molar-refractivity contribution in [1.82, 2.24) is 14.8 Å². The normalized spacial score (nSPS) is 19.2. The maximum atomic E-state index is 12.7. The molecule has 0 saturated carbocycles. The van der Waals surface area contributed by atoms with Gasteiger partial charge in [-0.15, -0.1) is 5.10 Å². The molecule has 0 radical (unpaired) electrons. The summed E-state index contributed by atoms with van der Waals surface area (Å²) in [6.07, 6.45) is -0.634. The third kappa shape index (κ3) is 5.72. The van der Waals surface area contributed by atoms with Crippen LogP contribution in [0.4, 0.5) is 0 Å². The lowest BCUT2D eigenvalue weighted by molar-refractivity contribution is -0.0601. The minimum atomic E-state index is -0.755. The quantitative estimate of drug-likeness (QED) is 0.372. The minimum Gasteiger partial charge on any atom is -0.463 e. The number of aromatic nitrogens is 3. The molecule has 1 aliphatic rings. The van der Waals surface area contributed by atoms with Crippen molar-refractivity contribution in [2.75, 3.05) is 13.7 Å². The molecule has 0 spiro atoms. The van der Waals surface area contributed by atoms with E-state index in [2.05, 4.69) is 14.8 Å². The zero-order valence-electron chi connectivity index (χ0n) is 19.5. The van der Waals surface area contributed by atoms with Crippen LogP contribution < -0.4 is 0 Å². The molecule has 182 valence electrons. The molecule has 3 atom stereocenters. The number of carbonyl (C=O) groups is 3. The van der Waals surface area contributed by atoms with Gasteiger partial charge in [0.2, 0.25) is 0 Å². The minimum absolute atomic E-state index is 0.126. The predicted octanol–water partition coefficient (Wildman–Crippen LogP) is 3.05. The maximum Gasteiger partial charge on any atom is 0.377 e. The van der Waals surface area contributed by atoms with Crippen LogP contribution >= 0.6 is 0 Å². The van der Waals surface area contributed by atoms with Gasteiger partial charge in [0.1, 0.15) is 25.1 Å². The van der Waals surface area contributed by atoms with Crippen molar-refractivity contribution in [1.29, 1.82) is 0 Å². The van der Waals surface area contributed by atoms with Gasteiger partial charge in [0.25, 0.3) is 5.82 Å². The maximum absolute atomic E-state index is 12.7. The summed E-state index contributed by atoms with van der Waals surface area (Å²) in [7, 11) is 1.23. The van der Waals surface area contributed by atoms with Crippen LogP contribution in [0.3, 0.4) is 0 Å². The van der Waals surface area contributed by atoms with Crippen LogP contribution in [0.1, 0.15) is 55.1 Å². The number of hydrogen-bond acceptors (Lipinski definition) is 9. The Kier molecular flexibility index (Phi) is 7.21. The predicted molar refractivity (Wildman–Crippen MR) is 122 cm³/mol. The van der Waals surface area contributed by atoms with Crippen LogP contribution in [0.15, 0.2) is 54.9 Å². The third-order valence-corrected chi connectivity index (χ3v) is 5.56. The van der Waals surface area contributed by atoms with E-state index >= 15 is 0 Å². The van der Waals surface area contributed by atoms with Crippen LogP contribution in [0, 0.1) is 13.8 Å². The van der Waals surface area contributed by atoms with E-state index in [-0.39, 0.29) is 18.9 Å². The number of nitrogens with zero attached hydrogens (tertiary/aromatic N) is 3. The molecule has 10 nitrogen and oxygen atoms in total. The molecule has 35 heavy (non-hydrogen) atoms. The first-order valence-electron chi connectivity index (χ1n) is 11.0. The Morgan fingerprint density at radius 1 is 0.943 bits per heavy atom. The summed E-state index contributed by atoms with van der Waals surface area (Å²) in [4.78, 5) is 40.9. The first kappa shape index (κ1) is 24.1. The van der Waals surface area contributed by atoms with Crippen LogP contribution in [0.25, 0.3) is 0 Å². The number of esters is 3. The molecule has 1 saturated heterocycles. The van der Waals surface area contributed by atoms with Crippen LogP contribution in [0.2, 0.25) is 0 Å². The summed E-state index contributed by atoms with van der Waals surface area (Å²) in [5.41, 5.74) is 2.82. The molecule has 1 aromatic heterocycles. The lowest BCUT2D eigenvalue weighted by Gasteiger charge is -2.19. The summed E-state index contributed by atoms with van der Waals surface area (Å²) in [6.45, 7) is 3.70. The van der Waals surface area contributed by atoms with Crippen molar-refractivity contribution in [3.8, 4) is 0 Å². The van der Waals surface area contributed by atoms with Gasteiger partial charge < -0.3 is 18.9 Å². The van der Waals surface area contributed by atoms with Gasteiger partial charge in [0.15, 0.2) is 6.23 Å². The number of rotatable bonds is 7. The highest BCUT2D eigenvalue weighted by molar-refractivity contribution is 5.90. The third-order valence-electron chi connectivity index (χ3n) is 5.56. The van der Waals surface area contributed by atoms with Gasteiger partial charge in [0.05, 0.1) is 18.2 Å². The number of carbonyl (C=O) groups excluding carboxylic acids is 3. The molecule has 2 heterocycles. The van der Waals surface area contributed by atoms with E-state index in [4.69, 9.17) is 14.2 Å². The Balaban J connectivity index is 1.48. The molecule has 0 unspecified atom stereocenters. The van der Waals surface area contributed by atoms with Gasteiger partial charge in [-0.25, -0.2) is 24.0 Å². The lowest BCUT2D eigenvalue weighted by atomic mass is 10.1. The second kappa shape index (κ2) is 10.5. The van der Waals surface area contributed by atoms with E-state index in [1.165, 1.54) is 18.1 Å². The Bertz CT molecular complexity index is 1200.